The number of methoxy groups -OCH3 is 1. The van der Waals surface area contributed by atoms with Gasteiger partial charge in [0.25, 0.3) is 0 Å². The van der Waals surface area contributed by atoms with Crippen LogP contribution in [-0.4, -0.2) is 32.8 Å². The van der Waals surface area contributed by atoms with E-state index in [1.165, 1.54) is 0 Å². The first-order valence-corrected chi connectivity index (χ1v) is 6.63. The van der Waals surface area contributed by atoms with E-state index in [1.807, 2.05) is 25.1 Å². The Hall–Kier alpha value is -2.17. The van der Waals surface area contributed by atoms with Crippen LogP contribution >= 0.6 is 0 Å². The highest BCUT2D eigenvalue weighted by molar-refractivity contribution is 5.73. The lowest BCUT2D eigenvalue weighted by Crippen LogP contribution is -2.36. The summed E-state index contributed by atoms with van der Waals surface area (Å²) in [7, 11) is 1.61. The number of carbonyl (C=O) groups is 1. The van der Waals surface area contributed by atoms with Crippen LogP contribution in [0.5, 0.6) is 11.5 Å². The van der Waals surface area contributed by atoms with Crippen molar-refractivity contribution >= 4 is 6.03 Å². The van der Waals surface area contributed by atoms with Crippen molar-refractivity contribution in [1.29, 1.82) is 0 Å². The number of hydrogen-bond acceptors (Lipinski definition) is 3. The molecule has 1 rings (SSSR count). The highest BCUT2D eigenvalue weighted by atomic mass is 16.5. The Balaban J connectivity index is 2.48. The van der Waals surface area contributed by atoms with Crippen molar-refractivity contribution in [2.45, 2.75) is 13.3 Å². The van der Waals surface area contributed by atoms with Crippen molar-refractivity contribution < 1.29 is 14.3 Å². The number of amides is 2. The summed E-state index contributed by atoms with van der Waals surface area (Å²) in [5.74, 6) is 1.44. The maximum absolute atomic E-state index is 11.3. The largest absolute Gasteiger partial charge is 0.493 e. The Morgan fingerprint density at radius 1 is 1.35 bits per heavy atom. The fourth-order valence-electron chi connectivity index (χ4n) is 1.69. The number of rotatable bonds is 8. The highest BCUT2D eigenvalue weighted by Gasteiger charge is 2.05. The van der Waals surface area contributed by atoms with Gasteiger partial charge in [-0.2, -0.15) is 0 Å². The number of urea groups is 1. The zero-order valence-electron chi connectivity index (χ0n) is 12.1. The number of nitrogens with one attached hydrogen (secondary N) is 2. The molecule has 110 valence electrons. The second-order valence-electron chi connectivity index (χ2n) is 4.09. The van der Waals surface area contributed by atoms with Crippen LogP contribution in [0, 0.1) is 0 Å². The van der Waals surface area contributed by atoms with Crippen LogP contribution in [0.1, 0.15) is 12.5 Å². The van der Waals surface area contributed by atoms with Crippen LogP contribution in [0.15, 0.2) is 30.9 Å². The smallest absolute Gasteiger partial charge is 0.315 e. The molecule has 20 heavy (non-hydrogen) atoms. The molecule has 2 N–H and O–H groups in total. The topological polar surface area (TPSA) is 59.6 Å². The van der Waals surface area contributed by atoms with Crippen molar-refractivity contribution in [3.63, 3.8) is 0 Å². The van der Waals surface area contributed by atoms with Crippen molar-refractivity contribution in [3.8, 4) is 11.5 Å². The van der Waals surface area contributed by atoms with Crippen molar-refractivity contribution in [1.82, 2.24) is 10.6 Å². The minimum absolute atomic E-state index is 0.192. The van der Waals surface area contributed by atoms with Crippen LogP contribution in [0.2, 0.25) is 0 Å². The van der Waals surface area contributed by atoms with E-state index in [0.717, 1.165) is 17.7 Å². The van der Waals surface area contributed by atoms with Gasteiger partial charge in [0.15, 0.2) is 11.5 Å². The third-order valence-electron chi connectivity index (χ3n) is 2.63. The molecule has 0 aliphatic rings. The van der Waals surface area contributed by atoms with Crippen molar-refractivity contribution in [2.75, 3.05) is 26.8 Å². The van der Waals surface area contributed by atoms with Gasteiger partial charge in [0.2, 0.25) is 0 Å². The van der Waals surface area contributed by atoms with Gasteiger partial charge >= 0.3 is 6.03 Å². The summed E-state index contributed by atoms with van der Waals surface area (Å²) in [6.45, 7) is 7.08. The van der Waals surface area contributed by atoms with Gasteiger partial charge in [-0.15, -0.1) is 6.58 Å². The Bertz CT molecular complexity index is 447. The predicted octanol–water partition coefficient (Wildman–Crippen LogP) is 2.12. The molecule has 0 spiro atoms. The van der Waals surface area contributed by atoms with Gasteiger partial charge in [-0.05, 0) is 31.0 Å². The van der Waals surface area contributed by atoms with Crippen LogP contribution < -0.4 is 20.1 Å². The van der Waals surface area contributed by atoms with Crippen LogP contribution in [-0.2, 0) is 6.42 Å². The van der Waals surface area contributed by atoms with E-state index in [9.17, 15) is 4.79 Å². The van der Waals surface area contributed by atoms with E-state index in [-0.39, 0.29) is 6.03 Å². The molecule has 0 aromatic heterocycles. The first-order valence-electron chi connectivity index (χ1n) is 6.63. The number of carbonyl (C=O) groups excluding carboxylic acids is 1. The molecule has 1 aromatic rings. The van der Waals surface area contributed by atoms with E-state index in [0.29, 0.717) is 25.4 Å². The molecule has 0 heterocycles. The lowest BCUT2D eigenvalue weighted by molar-refractivity contribution is 0.242. The number of benzene rings is 1. The van der Waals surface area contributed by atoms with Crippen molar-refractivity contribution in [3.05, 3.63) is 36.4 Å². The molecule has 0 aliphatic carbocycles. The molecule has 2 amide bonds. The SMILES string of the molecule is C=CCNC(=O)NCCc1ccc(OCC)c(OC)c1. The van der Waals surface area contributed by atoms with E-state index < -0.39 is 0 Å². The maximum atomic E-state index is 11.3. The Morgan fingerprint density at radius 2 is 2.15 bits per heavy atom. The maximum Gasteiger partial charge on any atom is 0.315 e. The number of ether oxygens (including phenoxy) is 2. The third-order valence-corrected chi connectivity index (χ3v) is 2.63. The number of hydrogen-bond donors (Lipinski definition) is 2. The molecule has 0 atom stereocenters. The molecule has 0 unspecified atom stereocenters. The Labute approximate surface area is 120 Å². The first kappa shape index (κ1) is 15.9. The van der Waals surface area contributed by atoms with Gasteiger partial charge in [-0.3, -0.25) is 0 Å². The van der Waals surface area contributed by atoms with Gasteiger partial charge < -0.3 is 20.1 Å². The summed E-state index contributed by atoms with van der Waals surface area (Å²) < 4.78 is 10.7. The molecule has 0 aliphatic heterocycles. The lowest BCUT2D eigenvalue weighted by atomic mass is 10.1. The minimum Gasteiger partial charge on any atom is -0.493 e. The molecule has 0 saturated carbocycles. The molecule has 0 bridgehead atoms. The quantitative estimate of drug-likeness (QED) is 0.716. The van der Waals surface area contributed by atoms with Gasteiger partial charge in [0.05, 0.1) is 13.7 Å². The van der Waals surface area contributed by atoms with E-state index in [2.05, 4.69) is 17.2 Å². The molecular weight excluding hydrogens is 256 g/mol. The molecular formula is C15H22N2O3. The third kappa shape index (κ3) is 5.22. The van der Waals surface area contributed by atoms with E-state index in [4.69, 9.17) is 9.47 Å². The van der Waals surface area contributed by atoms with E-state index >= 15 is 0 Å². The summed E-state index contributed by atoms with van der Waals surface area (Å²) >= 11 is 0. The van der Waals surface area contributed by atoms with Crippen molar-refractivity contribution in [2.24, 2.45) is 0 Å². The first-order chi connectivity index (χ1) is 9.71. The van der Waals surface area contributed by atoms with Gasteiger partial charge in [0, 0.05) is 13.1 Å². The highest BCUT2D eigenvalue weighted by Crippen LogP contribution is 2.28. The monoisotopic (exact) mass is 278 g/mol. The summed E-state index contributed by atoms with van der Waals surface area (Å²) in [6, 6.07) is 5.59. The fraction of sp³-hybridized carbons (Fsp3) is 0.400. The van der Waals surface area contributed by atoms with Crippen LogP contribution in [0.3, 0.4) is 0 Å². The molecule has 5 nitrogen and oxygen atoms in total. The normalized spacial score (nSPS) is 9.70. The molecule has 0 saturated heterocycles. The Kier molecular flexibility index (Phi) is 7.03. The predicted molar refractivity (Wildman–Crippen MR) is 79.5 cm³/mol. The minimum atomic E-state index is -0.192. The van der Waals surface area contributed by atoms with E-state index in [1.54, 1.807) is 13.2 Å². The molecule has 0 radical (unpaired) electrons. The van der Waals surface area contributed by atoms with Gasteiger partial charge in [-0.1, -0.05) is 12.1 Å². The van der Waals surface area contributed by atoms with Gasteiger partial charge in [-0.25, -0.2) is 4.79 Å². The summed E-state index contributed by atoms with van der Waals surface area (Å²) in [4.78, 5) is 11.3. The lowest BCUT2D eigenvalue weighted by Gasteiger charge is -2.11. The average molecular weight is 278 g/mol. The second kappa shape index (κ2) is 8.85. The molecule has 1 aromatic carbocycles. The standard InChI is InChI=1S/C15H22N2O3/c1-4-9-16-15(18)17-10-8-12-6-7-13(20-5-2)14(11-12)19-3/h4,6-7,11H,1,5,8-10H2,2-3H3,(H2,16,17,18). The second-order valence-corrected chi connectivity index (χ2v) is 4.09. The zero-order valence-corrected chi connectivity index (χ0v) is 12.1. The molecule has 5 heteroatoms. The Morgan fingerprint density at radius 3 is 2.80 bits per heavy atom. The fourth-order valence-corrected chi connectivity index (χ4v) is 1.69. The summed E-state index contributed by atoms with van der Waals surface area (Å²) in [5.41, 5.74) is 1.08. The zero-order chi connectivity index (χ0) is 14.8. The van der Waals surface area contributed by atoms with Gasteiger partial charge in [0.1, 0.15) is 0 Å². The van der Waals surface area contributed by atoms with Crippen LogP contribution in [0.4, 0.5) is 4.79 Å². The average Bonchev–Trinajstić information content (AvgIpc) is 2.46. The summed E-state index contributed by atoms with van der Waals surface area (Å²) in [6.07, 6.45) is 2.36. The summed E-state index contributed by atoms with van der Waals surface area (Å²) in [5, 5.41) is 5.43. The molecule has 0 fully saturated rings. The van der Waals surface area contributed by atoms with Crippen LogP contribution in [0.25, 0.3) is 0 Å².